The summed E-state index contributed by atoms with van der Waals surface area (Å²) in [4.78, 5) is 10.4. The molecule has 0 spiro atoms. The summed E-state index contributed by atoms with van der Waals surface area (Å²) in [5.41, 5.74) is 0.414. The first kappa shape index (κ1) is 13.1. The summed E-state index contributed by atoms with van der Waals surface area (Å²) in [5, 5.41) is 21.6. The van der Waals surface area contributed by atoms with Gasteiger partial charge in [0, 0.05) is 12.5 Å². The van der Waals surface area contributed by atoms with Crippen LogP contribution in [0.2, 0.25) is 0 Å². The Labute approximate surface area is 113 Å². The summed E-state index contributed by atoms with van der Waals surface area (Å²) in [6.45, 7) is 1.92. The highest BCUT2D eigenvalue weighted by Crippen LogP contribution is 2.15. The van der Waals surface area contributed by atoms with Gasteiger partial charge in [0.2, 0.25) is 4.77 Å². The third-order valence-electron chi connectivity index (χ3n) is 2.48. The van der Waals surface area contributed by atoms with Crippen molar-refractivity contribution in [2.45, 2.75) is 13.3 Å². The van der Waals surface area contributed by atoms with Gasteiger partial charge in [-0.2, -0.15) is 14.9 Å². The maximum atomic E-state index is 10.9. The van der Waals surface area contributed by atoms with Crippen LogP contribution in [0.4, 0.5) is 5.69 Å². The summed E-state index contributed by atoms with van der Waals surface area (Å²) in [5.74, 6) is 0.667. The molecule has 7 nitrogen and oxygen atoms in total. The fraction of sp³-hybridized carbons (Fsp3) is 0.182. The number of hydrogen-bond donors (Lipinski definition) is 1. The molecule has 0 aliphatic heterocycles. The highest BCUT2D eigenvalue weighted by Gasteiger charge is 2.10. The Bertz CT molecular complexity index is 688. The molecule has 2 aromatic rings. The minimum Gasteiger partial charge on any atom is -0.258 e. The molecular weight excluding hydrogens is 266 g/mol. The van der Waals surface area contributed by atoms with Crippen molar-refractivity contribution in [2.24, 2.45) is 5.10 Å². The maximum absolute atomic E-state index is 10.9. The van der Waals surface area contributed by atoms with Crippen LogP contribution in [0.15, 0.2) is 29.4 Å². The number of aromatic nitrogens is 3. The standard InChI is InChI=1S/C11H11N5O2S/c1-2-10-13-14-11(19)15(10)12-7-8-5-3-4-6-9(8)16(17)18/h3-7H,2H2,1H3,(H,14,19)/b12-7+. The second-order valence-electron chi connectivity index (χ2n) is 3.67. The van der Waals surface area contributed by atoms with E-state index in [1.165, 1.54) is 17.0 Å². The molecule has 19 heavy (non-hydrogen) atoms. The topological polar surface area (TPSA) is 89.1 Å². The van der Waals surface area contributed by atoms with Gasteiger partial charge in [0.15, 0.2) is 5.82 Å². The van der Waals surface area contributed by atoms with Crippen LogP contribution >= 0.6 is 12.2 Å². The van der Waals surface area contributed by atoms with Crippen molar-refractivity contribution in [1.82, 2.24) is 14.9 Å². The molecule has 1 N–H and O–H groups in total. The molecule has 0 amide bonds. The number of nitro groups is 1. The highest BCUT2D eigenvalue weighted by atomic mass is 32.1. The number of nitro benzene ring substituents is 1. The van der Waals surface area contributed by atoms with E-state index in [1.54, 1.807) is 18.2 Å². The first-order chi connectivity index (χ1) is 9.13. The summed E-state index contributed by atoms with van der Waals surface area (Å²) in [7, 11) is 0. The Morgan fingerprint density at radius 3 is 3.00 bits per heavy atom. The Morgan fingerprint density at radius 1 is 1.58 bits per heavy atom. The van der Waals surface area contributed by atoms with E-state index in [9.17, 15) is 10.1 Å². The number of hydrogen-bond acceptors (Lipinski definition) is 5. The Kier molecular flexibility index (Phi) is 3.81. The third-order valence-corrected chi connectivity index (χ3v) is 2.74. The number of H-pyrrole nitrogens is 1. The Balaban J connectivity index is 2.41. The molecule has 1 aromatic heterocycles. The molecule has 0 radical (unpaired) electrons. The molecule has 0 fully saturated rings. The van der Waals surface area contributed by atoms with E-state index >= 15 is 0 Å². The lowest BCUT2D eigenvalue weighted by Crippen LogP contribution is -1.99. The Morgan fingerprint density at radius 2 is 2.32 bits per heavy atom. The van der Waals surface area contributed by atoms with Gasteiger partial charge in [-0.15, -0.1) is 0 Å². The van der Waals surface area contributed by atoms with Crippen LogP contribution in [0.5, 0.6) is 0 Å². The summed E-state index contributed by atoms with van der Waals surface area (Å²) < 4.78 is 1.80. The molecule has 0 unspecified atom stereocenters. The van der Waals surface area contributed by atoms with Gasteiger partial charge in [0.05, 0.1) is 16.7 Å². The SMILES string of the molecule is CCc1n[nH]c(=S)n1/N=C/c1ccccc1[N+](=O)[O-]. The van der Waals surface area contributed by atoms with E-state index in [1.807, 2.05) is 6.92 Å². The van der Waals surface area contributed by atoms with Gasteiger partial charge in [-0.3, -0.25) is 15.2 Å². The first-order valence-corrected chi connectivity index (χ1v) is 5.98. The van der Waals surface area contributed by atoms with E-state index in [-0.39, 0.29) is 5.69 Å². The average Bonchev–Trinajstić information content (AvgIpc) is 2.77. The highest BCUT2D eigenvalue weighted by molar-refractivity contribution is 7.71. The second kappa shape index (κ2) is 5.53. The van der Waals surface area contributed by atoms with Gasteiger partial charge in [0.25, 0.3) is 5.69 Å². The average molecular weight is 277 g/mol. The number of rotatable bonds is 4. The Hall–Kier alpha value is -2.35. The zero-order chi connectivity index (χ0) is 13.8. The van der Waals surface area contributed by atoms with Gasteiger partial charge in [-0.25, -0.2) is 0 Å². The van der Waals surface area contributed by atoms with Crippen molar-refractivity contribution in [1.29, 1.82) is 0 Å². The van der Waals surface area contributed by atoms with Crippen LogP contribution in [0.25, 0.3) is 0 Å². The fourth-order valence-corrected chi connectivity index (χ4v) is 1.75. The van der Waals surface area contributed by atoms with Crippen LogP contribution in [-0.2, 0) is 6.42 Å². The molecule has 98 valence electrons. The lowest BCUT2D eigenvalue weighted by molar-refractivity contribution is -0.385. The van der Waals surface area contributed by atoms with Crippen LogP contribution in [0.3, 0.4) is 0 Å². The van der Waals surface area contributed by atoms with Crippen molar-refractivity contribution in [3.05, 3.63) is 50.5 Å². The maximum Gasteiger partial charge on any atom is 0.278 e. The summed E-state index contributed by atoms with van der Waals surface area (Å²) in [6, 6.07) is 6.37. The quantitative estimate of drug-likeness (QED) is 0.402. The zero-order valence-electron chi connectivity index (χ0n) is 10.1. The molecule has 0 saturated carbocycles. The zero-order valence-corrected chi connectivity index (χ0v) is 10.9. The molecule has 0 saturated heterocycles. The molecule has 0 atom stereocenters. The lowest BCUT2D eigenvalue weighted by atomic mass is 10.2. The molecule has 1 heterocycles. The number of aryl methyl sites for hydroxylation is 1. The van der Waals surface area contributed by atoms with Gasteiger partial charge >= 0.3 is 0 Å². The normalized spacial score (nSPS) is 11.0. The fourth-order valence-electron chi connectivity index (χ4n) is 1.56. The predicted octanol–water partition coefficient (Wildman–Crippen LogP) is 2.29. The van der Waals surface area contributed by atoms with E-state index in [0.717, 1.165) is 0 Å². The van der Waals surface area contributed by atoms with Gasteiger partial charge in [0.1, 0.15) is 0 Å². The van der Waals surface area contributed by atoms with Gasteiger partial charge in [-0.1, -0.05) is 19.1 Å². The van der Waals surface area contributed by atoms with Gasteiger partial charge < -0.3 is 0 Å². The largest absolute Gasteiger partial charge is 0.278 e. The van der Waals surface area contributed by atoms with Crippen LogP contribution in [0.1, 0.15) is 18.3 Å². The number of benzene rings is 1. The number of para-hydroxylation sites is 1. The van der Waals surface area contributed by atoms with Crippen LogP contribution in [0, 0.1) is 14.9 Å². The molecule has 2 rings (SSSR count). The smallest absolute Gasteiger partial charge is 0.258 e. The monoisotopic (exact) mass is 277 g/mol. The van der Waals surface area contributed by atoms with E-state index in [4.69, 9.17) is 12.2 Å². The second-order valence-corrected chi connectivity index (χ2v) is 4.06. The number of nitrogens with zero attached hydrogens (tertiary/aromatic N) is 4. The molecule has 8 heteroatoms. The molecule has 0 aliphatic carbocycles. The minimum absolute atomic E-state index is 0.000637. The lowest BCUT2D eigenvalue weighted by Gasteiger charge is -1.98. The van der Waals surface area contributed by atoms with Crippen LogP contribution < -0.4 is 0 Å². The predicted molar refractivity (Wildman–Crippen MR) is 72.9 cm³/mol. The van der Waals surface area contributed by atoms with E-state index < -0.39 is 4.92 Å². The van der Waals surface area contributed by atoms with Crippen molar-refractivity contribution in [2.75, 3.05) is 0 Å². The summed E-state index contributed by atoms with van der Waals surface area (Å²) in [6.07, 6.45) is 2.06. The van der Waals surface area contributed by atoms with Crippen molar-refractivity contribution in [3.63, 3.8) is 0 Å². The van der Waals surface area contributed by atoms with Crippen molar-refractivity contribution in [3.8, 4) is 0 Å². The molecule has 1 aromatic carbocycles. The van der Waals surface area contributed by atoms with E-state index in [0.29, 0.717) is 22.6 Å². The van der Waals surface area contributed by atoms with Crippen LogP contribution in [-0.4, -0.2) is 26.0 Å². The molecule has 0 aliphatic rings. The number of nitrogens with one attached hydrogen (secondary N) is 1. The van der Waals surface area contributed by atoms with Gasteiger partial charge in [-0.05, 0) is 18.3 Å². The van der Waals surface area contributed by atoms with Crippen molar-refractivity contribution < 1.29 is 4.92 Å². The third kappa shape index (κ3) is 2.74. The van der Waals surface area contributed by atoms with Crippen molar-refractivity contribution >= 4 is 24.1 Å². The molecular formula is C11H11N5O2S. The molecule has 0 bridgehead atoms. The number of aromatic amines is 1. The first-order valence-electron chi connectivity index (χ1n) is 5.57. The minimum atomic E-state index is -0.448. The van der Waals surface area contributed by atoms with E-state index in [2.05, 4.69) is 15.3 Å². The summed E-state index contributed by atoms with van der Waals surface area (Å²) >= 11 is 5.04.